The summed E-state index contributed by atoms with van der Waals surface area (Å²) in [6, 6.07) is 34.4. The second-order valence-electron chi connectivity index (χ2n) is 9.67. The minimum atomic E-state index is -0.243. The van der Waals surface area contributed by atoms with Gasteiger partial charge >= 0.3 is 0 Å². The molecule has 8 nitrogen and oxygen atoms in total. The number of amides is 1. The molecule has 1 saturated heterocycles. The van der Waals surface area contributed by atoms with E-state index >= 15 is 0 Å². The van der Waals surface area contributed by atoms with E-state index in [1.54, 1.807) is 13.3 Å². The molecule has 1 amide bonds. The van der Waals surface area contributed by atoms with E-state index in [-0.39, 0.29) is 24.6 Å². The minimum Gasteiger partial charge on any atom is -0.495 e. The maximum Gasteiger partial charge on any atom is 0.262 e. The molecule has 0 aliphatic carbocycles. The zero-order chi connectivity index (χ0) is 28.9. The summed E-state index contributed by atoms with van der Waals surface area (Å²) in [4.78, 5) is 19.3. The van der Waals surface area contributed by atoms with E-state index in [4.69, 9.17) is 21.7 Å². The Hall–Kier alpha value is -5.15. The van der Waals surface area contributed by atoms with Crippen LogP contribution in [0, 0.1) is 0 Å². The number of carbonyl (C=O) groups excluding carboxylic acids is 1. The number of thiocarbonyl (C=S) groups is 1. The van der Waals surface area contributed by atoms with Crippen molar-refractivity contribution >= 4 is 34.6 Å². The number of aromatic nitrogens is 2. The third-order valence-electron chi connectivity index (χ3n) is 7.07. The first-order valence-electron chi connectivity index (χ1n) is 13.5. The summed E-state index contributed by atoms with van der Waals surface area (Å²) in [5.74, 6) is 1.16. The number of pyridine rings is 1. The van der Waals surface area contributed by atoms with Crippen LogP contribution in [0.1, 0.15) is 23.5 Å². The molecule has 1 aliphatic rings. The van der Waals surface area contributed by atoms with E-state index in [1.165, 1.54) is 0 Å². The maximum absolute atomic E-state index is 12.5. The molecule has 2 N–H and O–H groups in total. The second-order valence-corrected chi connectivity index (χ2v) is 10.1. The number of carbonyl (C=O) groups is 1. The first-order chi connectivity index (χ1) is 20.6. The Morgan fingerprint density at radius 2 is 1.69 bits per heavy atom. The average Bonchev–Trinajstić information content (AvgIpc) is 3.65. The van der Waals surface area contributed by atoms with E-state index in [0.29, 0.717) is 16.5 Å². The Morgan fingerprint density at radius 3 is 2.45 bits per heavy atom. The molecule has 1 aliphatic heterocycles. The van der Waals surface area contributed by atoms with Crippen molar-refractivity contribution in [2.75, 3.05) is 23.9 Å². The highest BCUT2D eigenvalue weighted by atomic mass is 32.1. The largest absolute Gasteiger partial charge is 0.495 e. The Balaban J connectivity index is 1.30. The van der Waals surface area contributed by atoms with Gasteiger partial charge in [-0.1, -0.05) is 36.4 Å². The highest BCUT2D eigenvalue weighted by Gasteiger charge is 2.42. The van der Waals surface area contributed by atoms with Gasteiger partial charge in [-0.25, -0.2) is 0 Å². The monoisotopic (exact) mass is 575 g/mol. The highest BCUT2D eigenvalue weighted by molar-refractivity contribution is 7.80. The molecule has 0 radical (unpaired) electrons. The Kier molecular flexibility index (Phi) is 7.83. The topological polar surface area (TPSA) is 80.7 Å². The van der Waals surface area contributed by atoms with Gasteiger partial charge in [-0.15, -0.1) is 0 Å². The predicted octanol–water partition coefficient (Wildman–Crippen LogP) is 6.08. The average molecular weight is 576 g/mol. The van der Waals surface area contributed by atoms with Gasteiger partial charge in [-0.3, -0.25) is 9.78 Å². The van der Waals surface area contributed by atoms with Crippen molar-refractivity contribution in [3.05, 3.63) is 133 Å². The zero-order valence-electron chi connectivity index (χ0n) is 22.9. The number of benzene rings is 3. The van der Waals surface area contributed by atoms with Gasteiger partial charge in [-0.2, -0.15) is 0 Å². The van der Waals surface area contributed by atoms with E-state index in [0.717, 1.165) is 28.5 Å². The van der Waals surface area contributed by atoms with Crippen molar-refractivity contribution in [2.45, 2.75) is 12.1 Å². The molecule has 0 saturated carbocycles. The molecule has 0 spiro atoms. The first kappa shape index (κ1) is 27.0. The molecule has 1 fully saturated rings. The van der Waals surface area contributed by atoms with Crippen LogP contribution in [0.5, 0.6) is 11.5 Å². The van der Waals surface area contributed by atoms with Crippen molar-refractivity contribution in [3.8, 4) is 17.2 Å². The number of hydrogen-bond acceptors (Lipinski definition) is 5. The number of ether oxygens (including phenoxy) is 2. The van der Waals surface area contributed by atoms with Crippen molar-refractivity contribution in [2.24, 2.45) is 0 Å². The summed E-state index contributed by atoms with van der Waals surface area (Å²) < 4.78 is 13.4. The van der Waals surface area contributed by atoms with Crippen LogP contribution < -0.4 is 25.0 Å². The molecule has 42 heavy (non-hydrogen) atoms. The van der Waals surface area contributed by atoms with Crippen LogP contribution >= 0.6 is 12.2 Å². The third kappa shape index (κ3) is 5.55. The van der Waals surface area contributed by atoms with Gasteiger partial charge in [0.1, 0.15) is 17.5 Å². The number of methoxy groups -OCH3 is 1. The molecular formula is C33H29N5O3S. The molecule has 2 aromatic heterocycles. The lowest BCUT2D eigenvalue weighted by Crippen LogP contribution is -2.30. The fourth-order valence-corrected chi connectivity index (χ4v) is 5.53. The van der Waals surface area contributed by atoms with Crippen LogP contribution in [0.15, 0.2) is 122 Å². The Labute approximate surface area is 249 Å². The smallest absolute Gasteiger partial charge is 0.262 e. The normalized spacial score (nSPS) is 16.1. The predicted molar refractivity (Wildman–Crippen MR) is 167 cm³/mol. The summed E-state index contributed by atoms with van der Waals surface area (Å²) in [7, 11) is 1.67. The van der Waals surface area contributed by atoms with E-state index < -0.39 is 0 Å². The van der Waals surface area contributed by atoms with Gasteiger partial charge in [0.25, 0.3) is 5.91 Å². The number of hydrogen-bond donors (Lipinski definition) is 2. The van der Waals surface area contributed by atoms with Gasteiger partial charge in [0, 0.05) is 29.5 Å². The maximum atomic E-state index is 12.5. The van der Waals surface area contributed by atoms with Crippen molar-refractivity contribution in [1.82, 2.24) is 14.9 Å². The Morgan fingerprint density at radius 1 is 0.929 bits per heavy atom. The fraction of sp³-hybridized carbons (Fsp3) is 0.121. The lowest BCUT2D eigenvalue weighted by atomic mass is 10.0. The molecule has 0 bridgehead atoms. The molecule has 5 aromatic rings. The van der Waals surface area contributed by atoms with Crippen LogP contribution in [0.4, 0.5) is 11.4 Å². The van der Waals surface area contributed by atoms with Gasteiger partial charge in [0.15, 0.2) is 11.7 Å². The van der Waals surface area contributed by atoms with Crippen LogP contribution in [-0.2, 0) is 4.79 Å². The fourth-order valence-electron chi connectivity index (χ4n) is 5.18. The molecule has 2 atom stereocenters. The lowest BCUT2D eigenvalue weighted by Gasteiger charge is -2.29. The zero-order valence-corrected chi connectivity index (χ0v) is 23.7. The quantitative estimate of drug-likeness (QED) is 0.206. The molecule has 6 rings (SSSR count). The standard InChI is InChI=1S/C33H29N5O3S/c1-40-29-15-6-5-13-27(29)37-21-9-14-28(37)32-31(26-12-7-8-20-34-26)36-33(42)38(32)24-18-16-23(17-19-24)35-30(39)22-41-25-10-3-2-4-11-25/h2-21,31-32H,22H2,1H3,(H,35,39)(H,36,42)/t31-,32-/m0/s1. The molecule has 3 heterocycles. The van der Waals surface area contributed by atoms with Crippen LogP contribution in [0.3, 0.4) is 0 Å². The van der Waals surface area contributed by atoms with Crippen molar-refractivity contribution in [3.63, 3.8) is 0 Å². The number of nitrogens with zero attached hydrogens (tertiary/aromatic N) is 3. The SMILES string of the molecule is COc1ccccc1-n1cccc1[C@H]1[C@H](c2ccccn2)NC(=S)N1c1ccc(NC(=O)COc2ccccc2)cc1. The summed E-state index contributed by atoms with van der Waals surface area (Å²) >= 11 is 5.91. The van der Waals surface area contributed by atoms with Crippen molar-refractivity contribution in [1.29, 1.82) is 0 Å². The summed E-state index contributed by atoms with van der Waals surface area (Å²) in [6.45, 7) is -0.0837. The molecule has 3 aromatic carbocycles. The molecule has 9 heteroatoms. The third-order valence-corrected chi connectivity index (χ3v) is 7.38. The summed E-state index contributed by atoms with van der Waals surface area (Å²) in [6.07, 6.45) is 3.82. The minimum absolute atomic E-state index is 0.0837. The highest BCUT2D eigenvalue weighted by Crippen LogP contribution is 2.43. The lowest BCUT2D eigenvalue weighted by molar-refractivity contribution is -0.118. The first-order valence-corrected chi connectivity index (χ1v) is 13.9. The number of nitrogens with one attached hydrogen (secondary N) is 2. The molecule has 0 unspecified atom stereocenters. The van der Waals surface area contributed by atoms with Crippen LogP contribution in [0.2, 0.25) is 0 Å². The number of anilines is 2. The van der Waals surface area contributed by atoms with Gasteiger partial charge in [0.2, 0.25) is 0 Å². The second kappa shape index (κ2) is 12.2. The van der Waals surface area contributed by atoms with E-state index in [9.17, 15) is 4.79 Å². The summed E-state index contributed by atoms with van der Waals surface area (Å²) in [5, 5.41) is 6.99. The summed E-state index contributed by atoms with van der Waals surface area (Å²) in [5.41, 5.74) is 4.35. The van der Waals surface area contributed by atoms with Crippen molar-refractivity contribution < 1.29 is 14.3 Å². The van der Waals surface area contributed by atoms with E-state index in [2.05, 4.69) is 31.2 Å². The number of para-hydroxylation sites is 3. The Bertz CT molecular complexity index is 1680. The molecular weight excluding hydrogens is 546 g/mol. The van der Waals surface area contributed by atoms with Crippen LogP contribution in [0.25, 0.3) is 5.69 Å². The van der Waals surface area contributed by atoms with Gasteiger partial charge < -0.3 is 29.6 Å². The van der Waals surface area contributed by atoms with Crippen LogP contribution in [-0.4, -0.2) is 34.3 Å². The van der Waals surface area contributed by atoms with Gasteiger partial charge in [-0.05, 0) is 85.0 Å². The molecule has 210 valence electrons. The van der Waals surface area contributed by atoms with E-state index in [1.807, 2.05) is 109 Å². The number of rotatable bonds is 9. The van der Waals surface area contributed by atoms with Gasteiger partial charge in [0.05, 0.1) is 24.5 Å².